The SMILES string of the molecule is Cc1csc(S[C@H](C)c2nc(N)nc(N(C)C)n2)n1. The Labute approximate surface area is 120 Å². The highest BCUT2D eigenvalue weighted by Crippen LogP contribution is 2.35. The van der Waals surface area contributed by atoms with Crippen molar-refractivity contribution >= 4 is 35.0 Å². The normalized spacial score (nSPS) is 12.4. The molecule has 0 aliphatic carbocycles. The third-order valence-corrected chi connectivity index (χ3v) is 4.48. The molecule has 0 saturated carbocycles. The van der Waals surface area contributed by atoms with Gasteiger partial charge in [0.15, 0.2) is 4.34 Å². The van der Waals surface area contributed by atoms with Crippen LogP contribution in [-0.4, -0.2) is 34.0 Å². The van der Waals surface area contributed by atoms with Crippen molar-refractivity contribution in [1.82, 2.24) is 19.9 Å². The molecule has 0 aliphatic heterocycles. The molecule has 2 rings (SSSR count). The quantitative estimate of drug-likeness (QED) is 0.866. The first-order valence-electron chi connectivity index (χ1n) is 5.73. The second kappa shape index (κ2) is 5.70. The molecule has 102 valence electrons. The van der Waals surface area contributed by atoms with Crippen molar-refractivity contribution in [2.24, 2.45) is 0 Å². The summed E-state index contributed by atoms with van der Waals surface area (Å²) in [5, 5.41) is 2.11. The van der Waals surface area contributed by atoms with Gasteiger partial charge in [0, 0.05) is 25.2 Å². The highest BCUT2D eigenvalue weighted by molar-refractivity contribution is 8.01. The first-order valence-corrected chi connectivity index (χ1v) is 7.49. The van der Waals surface area contributed by atoms with Gasteiger partial charge >= 0.3 is 0 Å². The molecule has 0 unspecified atom stereocenters. The number of thiazole rings is 1. The maximum Gasteiger partial charge on any atom is 0.229 e. The summed E-state index contributed by atoms with van der Waals surface area (Å²) >= 11 is 3.25. The second-order valence-corrected chi connectivity index (χ2v) is 6.71. The molecule has 0 spiro atoms. The standard InChI is InChI=1S/C11H16N6S2/c1-6-5-18-11(13-6)19-7(2)8-14-9(12)16-10(15-8)17(3)4/h5,7H,1-4H3,(H2,12,14,15,16)/t7-/m1/s1. The number of nitrogens with zero attached hydrogens (tertiary/aromatic N) is 5. The van der Waals surface area contributed by atoms with E-state index in [9.17, 15) is 0 Å². The summed E-state index contributed by atoms with van der Waals surface area (Å²) in [7, 11) is 3.75. The Morgan fingerprint density at radius 3 is 2.58 bits per heavy atom. The van der Waals surface area contributed by atoms with Gasteiger partial charge in [-0.2, -0.15) is 15.0 Å². The van der Waals surface area contributed by atoms with E-state index in [1.165, 1.54) is 0 Å². The lowest BCUT2D eigenvalue weighted by molar-refractivity contribution is 0.864. The van der Waals surface area contributed by atoms with Crippen molar-refractivity contribution in [2.75, 3.05) is 24.7 Å². The van der Waals surface area contributed by atoms with Gasteiger partial charge in [0.05, 0.1) is 5.25 Å². The number of aryl methyl sites for hydroxylation is 1. The monoisotopic (exact) mass is 296 g/mol. The zero-order valence-electron chi connectivity index (χ0n) is 11.3. The molecule has 0 aromatic carbocycles. The molecule has 0 fully saturated rings. The highest BCUT2D eigenvalue weighted by atomic mass is 32.2. The number of thioether (sulfide) groups is 1. The fourth-order valence-corrected chi connectivity index (χ4v) is 3.40. The molecule has 2 N–H and O–H groups in total. The molecule has 0 bridgehead atoms. The van der Waals surface area contributed by atoms with E-state index in [0.29, 0.717) is 11.8 Å². The van der Waals surface area contributed by atoms with Crippen LogP contribution >= 0.6 is 23.1 Å². The van der Waals surface area contributed by atoms with Crippen LogP contribution in [0.4, 0.5) is 11.9 Å². The number of hydrogen-bond acceptors (Lipinski definition) is 8. The van der Waals surface area contributed by atoms with Gasteiger partial charge in [-0.1, -0.05) is 11.8 Å². The Morgan fingerprint density at radius 1 is 1.26 bits per heavy atom. The smallest absolute Gasteiger partial charge is 0.229 e. The molecule has 0 radical (unpaired) electrons. The number of hydrogen-bond donors (Lipinski definition) is 1. The Bertz CT molecular complexity index is 568. The van der Waals surface area contributed by atoms with E-state index in [1.54, 1.807) is 23.1 Å². The summed E-state index contributed by atoms with van der Waals surface area (Å²) in [6.45, 7) is 4.02. The van der Waals surface area contributed by atoms with E-state index in [2.05, 4.69) is 19.9 Å². The van der Waals surface area contributed by atoms with Crippen LogP contribution in [0.15, 0.2) is 9.72 Å². The molecule has 2 heterocycles. The van der Waals surface area contributed by atoms with Crippen molar-refractivity contribution in [2.45, 2.75) is 23.4 Å². The molecule has 8 heteroatoms. The number of nitrogen functional groups attached to an aromatic ring is 1. The van der Waals surface area contributed by atoms with Crippen LogP contribution in [0.25, 0.3) is 0 Å². The third-order valence-electron chi connectivity index (χ3n) is 2.30. The summed E-state index contributed by atoms with van der Waals surface area (Å²) < 4.78 is 1.01. The minimum atomic E-state index is 0.0783. The summed E-state index contributed by atoms with van der Waals surface area (Å²) in [4.78, 5) is 18.9. The second-order valence-electron chi connectivity index (χ2n) is 4.26. The molecule has 2 aromatic heterocycles. The average Bonchev–Trinajstić information content (AvgIpc) is 2.73. The maximum absolute atomic E-state index is 5.72. The molecule has 19 heavy (non-hydrogen) atoms. The van der Waals surface area contributed by atoms with Crippen LogP contribution in [0.1, 0.15) is 23.7 Å². The lowest BCUT2D eigenvalue weighted by Crippen LogP contribution is -2.16. The number of rotatable bonds is 4. The van der Waals surface area contributed by atoms with E-state index >= 15 is 0 Å². The fourth-order valence-electron chi connectivity index (χ4n) is 1.37. The number of aromatic nitrogens is 4. The lowest BCUT2D eigenvalue weighted by Gasteiger charge is -2.13. The lowest BCUT2D eigenvalue weighted by atomic mass is 10.4. The Kier molecular flexibility index (Phi) is 4.20. The van der Waals surface area contributed by atoms with E-state index in [0.717, 1.165) is 10.0 Å². The van der Waals surface area contributed by atoms with E-state index in [4.69, 9.17) is 5.73 Å². The predicted octanol–water partition coefficient (Wildman–Crippen LogP) is 2.14. The van der Waals surface area contributed by atoms with Crippen LogP contribution in [0.2, 0.25) is 0 Å². The van der Waals surface area contributed by atoms with Crippen LogP contribution < -0.4 is 10.6 Å². The van der Waals surface area contributed by atoms with Crippen LogP contribution in [0.5, 0.6) is 0 Å². The summed E-state index contributed by atoms with van der Waals surface area (Å²) in [6.07, 6.45) is 0. The molecule has 2 aromatic rings. The van der Waals surface area contributed by atoms with Gasteiger partial charge in [0.2, 0.25) is 11.9 Å². The molecular weight excluding hydrogens is 280 g/mol. The number of anilines is 2. The van der Waals surface area contributed by atoms with Crippen LogP contribution in [0, 0.1) is 6.92 Å². The fraction of sp³-hybridized carbons (Fsp3) is 0.455. The average molecular weight is 296 g/mol. The van der Waals surface area contributed by atoms with Gasteiger partial charge in [-0.15, -0.1) is 11.3 Å². The van der Waals surface area contributed by atoms with Gasteiger partial charge in [-0.3, -0.25) is 0 Å². The molecule has 0 aliphatic rings. The first-order chi connectivity index (χ1) is 8.95. The van der Waals surface area contributed by atoms with Crippen molar-refractivity contribution < 1.29 is 0 Å². The van der Waals surface area contributed by atoms with E-state index < -0.39 is 0 Å². The minimum Gasteiger partial charge on any atom is -0.368 e. The molecule has 0 amide bonds. The molecule has 0 saturated heterocycles. The van der Waals surface area contributed by atoms with E-state index in [1.807, 2.05) is 38.2 Å². The summed E-state index contributed by atoms with van der Waals surface area (Å²) in [5.41, 5.74) is 6.75. The highest BCUT2D eigenvalue weighted by Gasteiger charge is 2.15. The van der Waals surface area contributed by atoms with E-state index in [-0.39, 0.29) is 11.2 Å². The maximum atomic E-state index is 5.72. The zero-order chi connectivity index (χ0) is 14.0. The summed E-state index contributed by atoms with van der Waals surface area (Å²) in [6, 6.07) is 0. The Morgan fingerprint density at radius 2 is 2.00 bits per heavy atom. The van der Waals surface area contributed by atoms with Crippen molar-refractivity contribution in [1.29, 1.82) is 0 Å². The number of nitrogens with two attached hydrogens (primary N) is 1. The minimum absolute atomic E-state index is 0.0783. The van der Waals surface area contributed by atoms with Gasteiger partial charge in [-0.05, 0) is 13.8 Å². The van der Waals surface area contributed by atoms with Gasteiger partial charge in [0.1, 0.15) is 5.82 Å². The zero-order valence-corrected chi connectivity index (χ0v) is 12.9. The first kappa shape index (κ1) is 14.0. The van der Waals surface area contributed by atoms with Gasteiger partial charge < -0.3 is 10.6 Å². The molecular formula is C11H16N6S2. The van der Waals surface area contributed by atoms with Crippen molar-refractivity contribution in [3.8, 4) is 0 Å². The van der Waals surface area contributed by atoms with Crippen molar-refractivity contribution in [3.05, 3.63) is 16.9 Å². The van der Waals surface area contributed by atoms with Crippen molar-refractivity contribution in [3.63, 3.8) is 0 Å². The largest absolute Gasteiger partial charge is 0.368 e. The van der Waals surface area contributed by atoms with Gasteiger partial charge in [-0.25, -0.2) is 4.98 Å². The predicted molar refractivity (Wildman–Crippen MR) is 79.7 cm³/mol. The molecule has 1 atom stereocenters. The van der Waals surface area contributed by atoms with Gasteiger partial charge in [0.25, 0.3) is 0 Å². The summed E-state index contributed by atoms with van der Waals surface area (Å²) in [5.74, 6) is 1.50. The topological polar surface area (TPSA) is 80.8 Å². The molecule has 6 nitrogen and oxygen atoms in total. The Balaban J connectivity index is 2.20. The van der Waals surface area contributed by atoms with Crippen LogP contribution in [0.3, 0.4) is 0 Å². The Hall–Kier alpha value is -1.41. The third kappa shape index (κ3) is 3.54. The van der Waals surface area contributed by atoms with Crippen LogP contribution in [-0.2, 0) is 0 Å².